The summed E-state index contributed by atoms with van der Waals surface area (Å²) in [5.41, 5.74) is 2.45. The van der Waals surface area contributed by atoms with Crippen molar-refractivity contribution in [3.05, 3.63) is 65.0 Å². The first-order chi connectivity index (χ1) is 15.7. The first-order valence-corrected chi connectivity index (χ1v) is 10.8. The first-order valence-electron chi connectivity index (χ1n) is 10.8. The lowest BCUT2D eigenvalue weighted by molar-refractivity contribution is -0.138. The Morgan fingerprint density at radius 1 is 1.09 bits per heavy atom. The van der Waals surface area contributed by atoms with E-state index in [0.29, 0.717) is 43.6 Å². The number of amides is 1. The zero-order valence-corrected chi connectivity index (χ0v) is 17.9. The Morgan fingerprint density at radius 3 is 2.64 bits per heavy atom. The predicted molar refractivity (Wildman–Crippen MR) is 116 cm³/mol. The Bertz CT molecular complexity index is 1190. The molecule has 0 radical (unpaired) electrons. The normalized spacial score (nSPS) is 13.8. The van der Waals surface area contributed by atoms with E-state index in [9.17, 15) is 22.8 Å². The molecule has 0 saturated heterocycles. The second-order valence-corrected chi connectivity index (χ2v) is 8.25. The van der Waals surface area contributed by atoms with Crippen LogP contribution in [0.1, 0.15) is 48.1 Å². The SMILES string of the molecule is O=C(O)CCCCC(=O)N1CCc2c(n(Cc3cccc(C(F)(F)F)c3)c3ncccc23)C1. The number of aromatic nitrogens is 2. The third kappa shape index (κ3) is 5.02. The molecule has 9 heteroatoms. The molecule has 0 spiro atoms. The molecule has 0 aliphatic carbocycles. The van der Waals surface area contributed by atoms with Gasteiger partial charge in [0.1, 0.15) is 5.65 Å². The maximum Gasteiger partial charge on any atom is 0.416 e. The Hall–Kier alpha value is -3.36. The molecule has 1 N–H and O–H groups in total. The minimum absolute atomic E-state index is 0.0360. The van der Waals surface area contributed by atoms with Gasteiger partial charge in [0, 0.05) is 43.2 Å². The highest BCUT2D eigenvalue weighted by molar-refractivity contribution is 5.84. The van der Waals surface area contributed by atoms with Gasteiger partial charge in [0.05, 0.1) is 12.1 Å². The molecular formula is C24H24F3N3O3. The summed E-state index contributed by atoms with van der Waals surface area (Å²) in [6, 6.07) is 9.04. The first kappa shape index (κ1) is 22.8. The van der Waals surface area contributed by atoms with E-state index in [2.05, 4.69) is 4.98 Å². The van der Waals surface area contributed by atoms with E-state index in [4.69, 9.17) is 5.11 Å². The molecule has 6 nitrogen and oxygen atoms in total. The van der Waals surface area contributed by atoms with Gasteiger partial charge >= 0.3 is 12.1 Å². The average Bonchev–Trinajstić information content (AvgIpc) is 3.09. The van der Waals surface area contributed by atoms with Crippen LogP contribution in [-0.2, 0) is 35.3 Å². The fraction of sp³-hybridized carbons (Fsp3) is 0.375. The fourth-order valence-corrected chi connectivity index (χ4v) is 4.38. The van der Waals surface area contributed by atoms with Crippen molar-refractivity contribution in [2.75, 3.05) is 6.54 Å². The number of carbonyl (C=O) groups excluding carboxylic acids is 1. The lowest BCUT2D eigenvalue weighted by Gasteiger charge is -2.28. The highest BCUT2D eigenvalue weighted by Crippen LogP contribution is 2.33. The summed E-state index contributed by atoms with van der Waals surface area (Å²) in [5, 5.41) is 9.70. The second-order valence-electron chi connectivity index (χ2n) is 8.25. The second kappa shape index (κ2) is 9.25. The Kier molecular flexibility index (Phi) is 6.40. The number of fused-ring (bicyclic) bond motifs is 3. The molecule has 33 heavy (non-hydrogen) atoms. The molecule has 2 aromatic heterocycles. The van der Waals surface area contributed by atoms with Crippen molar-refractivity contribution in [3.8, 4) is 0 Å². The molecule has 1 aliphatic heterocycles. The molecule has 0 unspecified atom stereocenters. The van der Waals surface area contributed by atoms with Crippen LogP contribution in [0, 0.1) is 0 Å². The number of aliphatic carboxylic acids is 1. The number of hydrogen-bond acceptors (Lipinski definition) is 3. The van der Waals surface area contributed by atoms with E-state index in [1.54, 1.807) is 17.2 Å². The van der Waals surface area contributed by atoms with Gasteiger partial charge in [-0.1, -0.05) is 12.1 Å². The van der Waals surface area contributed by atoms with Crippen LogP contribution in [0.3, 0.4) is 0 Å². The van der Waals surface area contributed by atoms with E-state index in [1.165, 1.54) is 6.07 Å². The van der Waals surface area contributed by atoms with Crippen molar-refractivity contribution >= 4 is 22.9 Å². The van der Waals surface area contributed by atoms with E-state index >= 15 is 0 Å². The highest BCUT2D eigenvalue weighted by Gasteiger charge is 2.31. The molecule has 0 saturated carbocycles. The minimum Gasteiger partial charge on any atom is -0.481 e. The van der Waals surface area contributed by atoms with Gasteiger partial charge in [0.25, 0.3) is 0 Å². The number of rotatable bonds is 7. The zero-order chi connectivity index (χ0) is 23.6. The summed E-state index contributed by atoms with van der Waals surface area (Å²) in [6.07, 6.45) is -0.877. The summed E-state index contributed by atoms with van der Waals surface area (Å²) in [5.74, 6) is -0.924. The van der Waals surface area contributed by atoms with Crippen molar-refractivity contribution in [3.63, 3.8) is 0 Å². The number of carbonyl (C=O) groups is 2. The van der Waals surface area contributed by atoms with Gasteiger partial charge in [0.2, 0.25) is 5.91 Å². The predicted octanol–water partition coefficient (Wildman–Crippen LogP) is 4.63. The van der Waals surface area contributed by atoms with Crippen LogP contribution in [0.25, 0.3) is 11.0 Å². The quantitative estimate of drug-likeness (QED) is 0.523. The van der Waals surface area contributed by atoms with Crippen LogP contribution in [0.15, 0.2) is 42.6 Å². The number of hydrogen-bond donors (Lipinski definition) is 1. The lowest BCUT2D eigenvalue weighted by Crippen LogP contribution is -2.36. The van der Waals surface area contributed by atoms with E-state index in [-0.39, 0.29) is 25.3 Å². The third-order valence-electron chi connectivity index (χ3n) is 5.99. The smallest absolute Gasteiger partial charge is 0.416 e. The van der Waals surface area contributed by atoms with Gasteiger partial charge in [-0.2, -0.15) is 13.2 Å². The van der Waals surface area contributed by atoms with Crippen LogP contribution in [0.4, 0.5) is 13.2 Å². The average molecular weight is 459 g/mol. The van der Waals surface area contributed by atoms with Crippen LogP contribution < -0.4 is 0 Å². The van der Waals surface area contributed by atoms with Gasteiger partial charge in [0.15, 0.2) is 0 Å². The van der Waals surface area contributed by atoms with Crippen LogP contribution in [0.5, 0.6) is 0 Å². The van der Waals surface area contributed by atoms with E-state index in [1.807, 2.05) is 16.7 Å². The van der Waals surface area contributed by atoms with Crippen molar-refractivity contribution in [1.29, 1.82) is 0 Å². The summed E-state index contributed by atoms with van der Waals surface area (Å²) in [7, 11) is 0. The summed E-state index contributed by atoms with van der Waals surface area (Å²) < 4.78 is 41.5. The highest BCUT2D eigenvalue weighted by atomic mass is 19.4. The largest absolute Gasteiger partial charge is 0.481 e. The summed E-state index contributed by atoms with van der Waals surface area (Å²) in [6.45, 7) is 1.11. The van der Waals surface area contributed by atoms with Crippen LogP contribution in [-0.4, -0.2) is 38.0 Å². The summed E-state index contributed by atoms with van der Waals surface area (Å²) in [4.78, 5) is 29.6. The van der Waals surface area contributed by atoms with Crippen molar-refractivity contribution < 1.29 is 27.9 Å². The third-order valence-corrected chi connectivity index (χ3v) is 5.99. The Morgan fingerprint density at radius 2 is 1.88 bits per heavy atom. The van der Waals surface area contributed by atoms with Gasteiger partial charge in [-0.25, -0.2) is 4.98 Å². The number of alkyl halides is 3. The van der Waals surface area contributed by atoms with E-state index in [0.717, 1.165) is 28.8 Å². The van der Waals surface area contributed by atoms with Crippen molar-refractivity contribution in [2.45, 2.75) is 51.4 Å². The zero-order valence-electron chi connectivity index (χ0n) is 17.9. The van der Waals surface area contributed by atoms with Gasteiger partial charge in [-0.15, -0.1) is 0 Å². The number of halogens is 3. The Balaban J connectivity index is 1.60. The molecule has 174 valence electrons. The minimum atomic E-state index is -4.42. The van der Waals surface area contributed by atoms with Crippen molar-refractivity contribution in [2.24, 2.45) is 0 Å². The van der Waals surface area contributed by atoms with Gasteiger partial charge in [-0.05, 0) is 54.7 Å². The molecule has 4 rings (SSSR count). The Labute approximate surface area is 188 Å². The topological polar surface area (TPSA) is 75.4 Å². The maximum absolute atomic E-state index is 13.2. The molecule has 0 atom stereocenters. The molecule has 1 aliphatic rings. The van der Waals surface area contributed by atoms with Crippen LogP contribution in [0.2, 0.25) is 0 Å². The monoisotopic (exact) mass is 459 g/mol. The van der Waals surface area contributed by atoms with E-state index < -0.39 is 17.7 Å². The molecule has 0 bridgehead atoms. The van der Waals surface area contributed by atoms with Gasteiger partial charge < -0.3 is 14.6 Å². The molecule has 0 fully saturated rings. The number of unbranched alkanes of at least 4 members (excludes halogenated alkanes) is 1. The number of nitrogens with zero attached hydrogens (tertiary/aromatic N) is 3. The summed E-state index contributed by atoms with van der Waals surface area (Å²) >= 11 is 0. The van der Waals surface area contributed by atoms with Crippen LogP contribution >= 0.6 is 0 Å². The molecule has 1 aromatic carbocycles. The number of benzene rings is 1. The van der Waals surface area contributed by atoms with Crippen molar-refractivity contribution in [1.82, 2.24) is 14.5 Å². The lowest BCUT2D eigenvalue weighted by atomic mass is 10.0. The number of carboxylic acid groups (broad SMARTS) is 1. The number of pyridine rings is 1. The maximum atomic E-state index is 13.2. The van der Waals surface area contributed by atoms with Gasteiger partial charge in [-0.3, -0.25) is 9.59 Å². The molecule has 3 aromatic rings. The standard InChI is InChI=1S/C24H24F3N3O3/c25-24(26,27)17-6-3-5-16(13-17)14-30-20-15-29(21(31)8-1-2-9-22(32)33)12-10-18(20)19-7-4-11-28-23(19)30/h3-7,11,13H,1-2,8-10,12,14-15H2,(H,32,33). The molecule has 3 heterocycles. The number of carboxylic acids is 1. The molecular weight excluding hydrogens is 435 g/mol. The fourth-order valence-electron chi connectivity index (χ4n) is 4.38. The molecule has 1 amide bonds.